The highest BCUT2D eigenvalue weighted by atomic mass is 35.5. The van der Waals surface area contributed by atoms with Crippen molar-refractivity contribution in [2.24, 2.45) is 5.92 Å². The maximum atomic E-state index is 13.1. The second kappa shape index (κ2) is 10.8. The Morgan fingerprint density at radius 3 is 2.50 bits per heavy atom. The minimum atomic E-state index is -1.36. The predicted octanol–water partition coefficient (Wildman–Crippen LogP) is 0.780. The van der Waals surface area contributed by atoms with Crippen LogP contribution in [0.3, 0.4) is 0 Å². The quantitative estimate of drug-likeness (QED) is 0.415. The third-order valence-corrected chi connectivity index (χ3v) is 7.02. The maximum absolute atomic E-state index is 13.1. The zero-order valence-electron chi connectivity index (χ0n) is 17.1. The molecule has 0 radical (unpaired) electrons. The Kier molecular flexibility index (Phi) is 9.32. The molecule has 0 saturated carbocycles. The SMILES string of the molecule is CCCC1CC(C(=O)NC(C(C)Cl)C2OC(SC)C(O)C(O)C2O)N(CC)C1. The number of likely N-dealkylation sites (tertiary alicyclic amines) is 1. The number of likely N-dealkylation sites (N-methyl/N-ethyl adjacent to an activating group) is 1. The average Bonchev–Trinajstić information content (AvgIpc) is 3.08. The van der Waals surface area contributed by atoms with Crippen molar-refractivity contribution >= 4 is 29.3 Å². The van der Waals surface area contributed by atoms with Crippen LogP contribution in [0.5, 0.6) is 0 Å². The summed E-state index contributed by atoms with van der Waals surface area (Å²) in [7, 11) is 0. The van der Waals surface area contributed by atoms with Crippen LogP contribution in [-0.2, 0) is 9.53 Å². The standard InChI is InChI=1S/C19H35ClN2O5S/c1-5-7-11-8-12(22(6-2)9-11)18(26)21-13(10(3)20)17-15(24)14(23)16(25)19(27-17)28-4/h10-17,19,23-25H,5-9H2,1-4H3,(H,21,26). The van der Waals surface area contributed by atoms with E-state index in [0.29, 0.717) is 5.92 Å². The van der Waals surface area contributed by atoms with Gasteiger partial charge in [0.05, 0.1) is 17.5 Å². The van der Waals surface area contributed by atoms with Gasteiger partial charge in [0.25, 0.3) is 0 Å². The van der Waals surface area contributed by atoms with E-state index in [-0.39, 0.29) is 11.9 Å². The minimum Gasteiger partial charge on any atom is -0.388 e. The molecular formula is C19H35ClN2O5S. The third-order valence-electron chi connectivity index (χ3n) is 5.89. The zero-order valence-corrected chi connectivity index (χ0v) is 18.7. The number of nitrogens with zero attached hydrogens (tertiary/aromatic N) is 1. The van der Waals surface area contributed by atoms with E-state index in [0.717, 1.165) is 32.4 Å². The molecule has 28 heavy (non-hydrogen) atoms. The van der Waals surface area contributed by atoms with Crippen LogP contribution in [0.4, 0.5) is 0 Å². The van der Waals surface area contributed by atoms with Crippen molar-refractivity contribution in [2.45, 2.75) is 87.3 Å². The van der Waals surface area contributed by atoms with E-state index in [4.69, 9.17) is 16.3 Å². The topological polar surface area (TPSA) is 102 Å². The van der Waals surface area contributed by atoms with Gasteiger partial charge in [-0.15, -0.1) is 23.4 Å². The molecule has 1 amide bonds. The molecule has 2 aliphatic heterocycles. The van der Waals surface area contributed by atoms with Gasteiger partial charge < -0.3 is 25.4 Å². The third kappa shape index (κ3) is 5.33. The number of alkyl halides is 1. The number of rotatable bonds is 8. The lowest BCUT2D eigenvalue weighted by atomic mass is 9.92. The molecule has 9 atom stereocenters. The summed E-state index contributed by atoms with van der Waals surface area (Å²) >= 11 is 7.59. The summed E-state index contributed by atoms with van der Waals surface area (Å²) in [5.41, 5.74) is -0.703. The molecule has 9 heteroatoms. The lowest BCUT2D eigenvalue weighted by molar-refractivity contribution is -0.205. The van der Waals surface area contributed by atoms with Gasteiger partial charge in [0.2, 0.25) is 5.91 Å². The Hall–Kier alpha value is -0.0900. The smallest absolute Gasteiger partial charge is 0.237 e. The van der Waals surface area contributed by atoms with E-state index in [9.17, 15) is 20.1 Å². The Bertz CT molecular complexity index is 513. The van der Waals surface area contributed by atoms with Gasteiger partial charge >= 0.3 is 0 Å². The van der Waals surface area contributed by atoms with Crippen LogP contribution in [0, 0.1) is 5.92 Å². The van der Waals surface area contributed by atoms with Crippen LogP contribution >= 0.6 is 23.4 Å². The fourth-order valence-electron chi connectivity index (χ4n) is 4.32. The van der Waals surface area contributed by atoms with Crippen molar-refractivity contribution in [2.75, 3.05) is 19.3 Å². The van der Waals surface area contributed by atoms with Gasteiger partial charge in [-0.2, -0.15) is 0 Å². The molecule has 7 nitrogen and oxygen atoms in total. The Labute approximate surface area is 177 Å². The molecule has 2 heterocycles. The molecule has 164 valence electrons. The average molecular weight is 439 g/mol. The van der Waals surface area contributed by atoms with Crippen LogP contribution < -0.4 is 5.32 Å². The maximum Gasteiger partial charge on any atom is 0.237 e. The summed E-state index contributed by atoms with van der Waals surface area (Å²) < 4.78 is 5.82. The molecule has 9 unspecified atom stereocenters. The number of aliphatic hydroxyl groups is 3. The lowest BCUT2D eigenvalue weighted by Crippen LogP contribution is -2.65. The van der Waals surface area contributed by atoms with E-state index < -0.39 is 41.3 Å². The number of carbonyl (C=O) groups excluding carboxylic acids is 1. The summed E-state index contributed by atoms with van der Waals surface area (Å²) in [5, 5.41) is 33.2. The van der Waals surface area contributed by atoms with E-state index in [1.807, 2.05) is 6.92 Å². The second-order valence-electron chi connectivity index (χ2n) is 7.88. The molecule has 0 aromatic rings. The van der Waals surface area contributed by atoms with Crippen LogP contribution in [0.15, 0.2) is 0 Å². The highest BCUT2D eigenvalue weighted by molar-refractivity contribution is 7.99. The van der Waals surface area contributed by atoms with Gasteiger partial charge in [-0.25, -0.2) is 0 Å². The lowest BCUT2D eigenvalue weighted by Gasteiger charge is -2.44. The van der Waals surface area contributed by atoms with Crippen molar-refractivity contribution < 1.29 is 24.9 Å². The second-order valence-corrected chi connectivity index (χ2v) is 9.51. The number of hydrogen-bond acceptors (Lipinski definition) is 7. The number of nitrogens with one attached hydrogen (secondary N) is 1. The van der Waals surface area contributed by atoms with E-state index in [2.05, 4.69) is 17.1 Å². The molecule has 0 aromatic carbocycles. The Morgan fingerprint density at radius 2 is 1.96 bits per heavy atom. The molecule has 2 rings (SSSR count). The van der Waals surface area contributed by atoms with Gasteiger partial charge in [0, 0.05) is 6.54 Å². The summed E-state index contributed by atoms with van der Waals surface area (Å²) in [5.74, 6) is 0.372. The normalized spacial score (nSPS) is 38.9. The molecule has 0 bridgehead atoms. The van der Waals surface area contributed by atoms with Crippen molar-refractivity contribution in [1.29, 1.82) is 0 Å². The van der Waals surface area contributed by atoms with E-state index in [1.54, 1.807) is 13.2 Å². The van der Waals surface area contributed by atoms with Crippen molar-refractivity contribution in [3.05, 3.63) is 0 Å². The summed E-state index contributed by atoms with van der Waals surface area (Å²) in [6, 6.07) is -0.919. The molecule has 0 aliphatic carbocycles. The van der Waals surface area contributed by atoms with Gasteiger partial charge in [-0.05, 0) is 38.5 Å². The van der Waals surface area contributed by atoms with Crippen molar-refractivity contribution in [3.8, 4) is 0 Å². The van der Waals surface area contributed by atoms with Crippen LogP contribution in [-0.4, -0.2) is 92.8 Å². The molecule has 0 spiro atoms. The number of ether oxygens (including phenoxy) is 1. The number of thioether (sulfide) groups is 1. The molecule has 0 aromatic heterocycles. The number of halogens is 1. The van der Waals surface area contributed by atoms with E-state index in [1.165, 1.54) is 11.8 Å². The monoisotopic (exact) mass is 438 g/mol. The first-order valence-electron chi connectivity index (χ1n) is 10.2. The zero-order chi connectivity index (χ0) is 21.0. The first kappa shape index (κ1) is 24.2. The fourth-order valence-corrected chi connectivity index (χ4v) is 5.21. The van der Waals surface area contributed by atoms with Crippen molar-refractivity contribution in [1.82, 2.24) is 10.2 Å². The van der Waals surface area contributed by atoms with Crippen LogP contribution in [0.2, 0.25) is 0 Å². The first-order valence-corrected chi connectivity index (χ1v) is 11.9. The molecule has 2 aliphatic rings. The summed E-state index contributed by atoms with van der Waals surface area (Å²) in [4.78, 5) is 15.2. The predicted molar refractivity (Wildman–Crippen MR) is 111 cm³/mol. The van der Waals surface area contributed by atoms with Gasteiger partial charge in [-0.3, -0.25) is 9.69 Å². The fraction of sp³-hybridized carbons (Fsp3) is 0.947. The van der Waals surface area contributed by atoms with Gasteiger partial charge in [-0.1, -0.05) is 20.3 Å². The van der Waals surface area contributed by atoms with Crippen LogP contribution in [0.1, 0.15) is 40.0 Å². The summed E-state index contributed by atoms with van der Waals surface area (Å²) in [6.07, 6.45) is -0.0744. The Morgan fingerprint density at radius 1 is 1.29 bits per heavy atom. The number of carbonyl (C=O) groups is 1. The molecule has 4 N–H and O–H groups in total. The first-order chi connectivity index (χ1) is 13.2. The number of amides is 1. The number of aliphatic hydroxyl groups excluding tert-OH is 3. The van der Waals surface area contributed by atoms with Crippen LogP contribution in [0.25, 0.3) is 0 Å². The highest BCUT2D eigenvalue weighted by Crippen LogP contribution is 2.31. The van der Waals surface area contributed by atoms with Gasteiger partial charge in [0.1, 0.15) is 29.9 Å². The minimum absolute atomic E-state index is 0.130. The van der Waals surface area contributed by atoms with E-state index >= 15 is 0 Å². The highest BCUT2D eigenvalue weighted by Gasteiger charge is 2.48. The largest absolute Gasteiger partial charge is 0.388 e. The van der Waals surface area contributed by atoms with Gasteiger partial charge in [0.15, 0.2) is 0 Å². The Balaban J connectivity index is 2.12. The molecule has 2 saturated heterocycles. The van der Waals surface area contributed by atoms with Crippen molar-refractivity contribution in [3.63, 3.8) is 0 Å². The number of hydrogen-bond donors (Lipinski definition) is 4. The molecular weight excluding hydrogens is 404 g/mol. The molecule has 2 fully saturated rings. The summed E-state index contributed by atoms with van der Waals surface area (Å²) in [6.45, 7) is 7.62.